The molecule has 31 heavy (non-hydrogen) atoms. The van der Waals surface area contributed by atoms with E-state index in [9.17, 15) is 13.2 Å². The van der Waals surface area contributed by atoms with Gasteiger partial charge in [-0.15, -0.1) is 0 Å². The van der Waals surface area contributed by atoms with Crippen LogP contribution in [0.3, 0.4) is 0 Å². The molecule has 1 atom stereocenters. The Balaban J connectivity index is 1.47. The summed E-state index contributed by atoms with van der Waals surface area (Å²) in [6, 6.07) is 7.53. The van der Waals surface area contributed by atoms with E-state index in [1.54, 1.807) is 20.2 Å². The Bertz CT molecular complexity index is 1040. The molecule has 2 aliphatic heterocycles. The van der Waals surface area contributed by atoms with Crippen LogP contribution in [0.2, 0.25) is 0 Å². The zero-order chi connectivity index (χ0) is 22.1. The van der Waals surface area contributed by atoms with E-state index < -0.39 is 21.7 Å². The number of hydrogen-bond donors (Lipinski definition) is 1. The van der Waals surface area contributed by atoms with Gasteiger partial charge in [-0.2, -0.15) is 0 Å². The molecule has 1 amide bonds. The SMILES string of the molecule is CCS(=O)(=O)N1CCC2(CC1)OC(C(=O)NCc1cccc(OC)c1)Cn1ccnc12. The quantitative estimate of drug-likeness (QED) is 0.714. The monoisotopic (exact) mass is 448 g/mol. The molecule has 0 saturated carbocycles. The zero-order valence-electron chi connectivity index (χ0n) is 17.8. The molecule has 1 aromatic heterocycles. The molecule has 0 bridgehead atoms. The zero-order valence-corrected chi connectivity index (χ0v) is 18.6. The maximum absolute atomic E-state index is 12.9. The molecule has 1 aromatic carbocycles. The Morgan fingerprint density at radius 3 is 2.84 bits per heavy atom. The Hall–Kier alpha value is -2.43. The molecule has 2 aliphatic rings. The molecule has 1 saturated heterocycles. The Morgan fingerprint density at radius 1 is 1.35 bits per heavy atom. The van der Waals surface area contributed by atoms with Gasteiger partial charge in [0, 0.05) is 32.0 Å². The van der Waals surface area contributed by atoms with Gasteiger partial charge in [0.1, 0.15) is 17.2 Å². The lowest BCUT2D eigenvalue weighted by atomic mass is 9.89. The standard InChI is InChI=1S/C21H28N4O5S/c1-3-31(27,28)25-10-7-21(8-11-25)20-22-9-12-24(20)15-18(30-21)19(26)23-14-16-5-4-6-17(13-16)29-2/h4-6,9,12-13,18H,3,7-8,10-11,14-15H2,1-2H3,(H,23,26). The number of amides is 1. The summed E-state index contributed by atoms with van der Waals surface area (Å²) in [5, 5.41) is 2.95. The molecular weight excluding hydrogens is 420 g/mol. The van der Waals surface area contributed by atoms with Gasteiger partial charge in [0.15, 0.2) is 6.10 Å². The molecule has 1 fully saturated rings. The average molecular weight is 449 g/mol. The first-order chi connectivity index (χ1) is 14.9. The Kier molecular flexibility index (Phi) is 6.05. The lowest BCUT2D eigenvalue weighted by Crippen LogP contribution is -2.54. The van der Waals surface area contributed by atoms with Crippen molar-refractivity contribution in [1.29, 1.82) is 0 Å². The van der Waals surface area contributed by atoms with Crippen molar-refractivity contribution in [3.05, 3.63) is 48.0 Å². The van der Waals surface area contributed by atoms with Crippen molar-refractivity contribution in [1.82, 2.24) is 19.2 Å². The third-order valence-corrected chi connectivity index (χ3v) is 7.92. The van der Waals surface area contributed by atoms with Crippen molar-refractivity contribution in [3.8, 4) is 5.75 Å². The summed E-state index contributed by atoms with van der Waals surface area (Å²) in [7, 11) is -1.65. The number of carbonyl (C=O) groups is 1. The van der Waals surface area contributed by atoms with Crippen LogP contribution in [0.1, 0.15) is 31.2 Å². The first-order valence-corrected chi connectivity index (χ1v) is 12.1. The van der Waals surface area contributed by atoms with Gasteiger partial charge >= 0.3 is 0 Å². The van der Waals surface area contributed by atoms with Gasteiger partial charge in [-0.1, -0.05) is 12.1 Å². The van der Waals surface area contributed by atoms with E-state index in [1.165, 1.54) is 4.31 Å². The van der Waals surface area contributed by atoms with E-state index >= 15 is 0 Å². The molecule has 0 aliphatic carbocycles. The highest BCUT2D eigenvalue weighted by atomic mass is 32.2. The molecule has 3 heterocycles. The number of ether oxygens (including phenoxy) is 2. The van der Waals surface area contributed by atoms with Gasteiger partial charge < -0.3 is 19.4 Å². The second-order valence-electron chi connectivity index (χ2n) is 7.87. The fourth-order valence-electron chi connectivity index (χ4n) is 4.27. The lowest BCUT2D eigenvalue weighted by Gasteiger charge is -2.45. The largest absolute Gasteiger partial charge is 0.497 e. The van der Waals surface area contributed by atoms with E-state index in [0.717, 1.165) is 17.1 Å². The highest BCUT2D eigenvalue weighted by Gasteiger charge is 2.48. The maximum atomic E-state index is 12.9. The molecule has 0 radical (unpaired) electrons. The highest BCUT2D eigenvalue weighted by molar-refractivity contribution is 7.89. The van der Waals surface area contributed by atoms with E-state index in [0.29, 0.717) is 39.0 Å². The van der Waals surface area contributed by atoms with E-state index in [-0.39, 0.29) is 11.7 Å². The van der Waals surface area contributed by atoms with Crippen molar-refractivity contribution in [2.75, 3.05) is 26.0 Å². The number of nitrogens with one attached hydrogen (secondary N) is 1. The van der Waals surface area contributed by atoms with E-state index in [1.807, 2.05) is 35.0 Å². The predicted octanol–water partition coefficient (Wildman–Crippen LogP) is 1.25. The first-order valence-electron chi connectivity index (χ1n) is 10.4. The average Bonchev–Trinajstić information content (AvgIpc) is 3.28. The van der Waals surface area contributed by atoms with Gasteiger partial charge in [0.05, 0.1) is 19.4 Å². The summed E-state index contributed by atoms with van der Waals surface area (Å²) in [6.45, 7) is 3.08. The highest BCUT2D eigenvalue weighted by Crippen LogP contribution is 2.40. The van der Waals surface area contributed by atoms with Crippen molar-refractivity contribution >= 4 is 15.9 Å². The van der Waals surface area contributed by atoms with E-state index in [4.69, 9.17) is 9.47 Å². The Labute approximate surface area is 182 Å². The molecule has 4 rings (SSSR count). The fraction of sp³-hybridized carbons (Fsp3) is 0.524. The van der Waals surface area contributed by atoms with Crippen LogP contribution < -0.4 is 10.1 Å². The van der Waals surface area contributed by atoms with Gasteiger partial charge in [-0.3, -0.25) is 4.79 Å². The van der Waals surface area contributed by atoms with Crippen molar-refractivity contribution in [2.45, 2.75) is 44.6 Å². The number of carbonyl (C=O) groups excluding carboxylic acids is 1. The van der Waals surface area contributed by atoms with Crippen molar-refractivity contribution < 1.29 is 22.7 Å². The third-order valence-electron chi connectivity index (χ3n) is 6.03. The van der Waals surface area contributed by atoms with Crippen LogP contribution in [0.5, 0.6) is 5.75 Å². The van der Waals surface area contributed by atoms with Gasteiger partial charge in [-0.25, -0.2) is 17.7 Å². The summed E-state index contributed by atoms with van der Waals surface area (Å²) in [5.74, 6) is 1.37. The normalized spacial score (nSPS) is 20.9. The summed E-state index contributed by atoms with van der Waals surface area (Å²) in [5.41, 5.74) is 0.166. The molecule has 1 spiro atoms. The third kappa shape index (κ3) is 4.32. The van der Waals surface area contributed by atoms with Crippen molar-refractivity contribution in [3.63, 3.8) is 0 Å². The van der Waals surface area contributed by atoms with Crippen LogP contribution in [0.15, 0.2) is 36.7 Å². The van der Waals surface area contributed by atoms with Crippen LogP contribution in [-0.4, -0.2) is 60.2 Å². The summed E-state index contributed by atoms with van der Waals surface area (Å²) >= 11 is 0. The number of aromatic nitrogens is 2. The lowest BCUT2D eigenvalue weighted by molar-refractivity contribution is -0.171. The minimum Gasteiger partial charge on any atom is -0.497 e. The van der Waals surface area contributed by atoms with Crippen LogP contribution in [0.25, 0.3) is 0 Å². The number of benzene rings is 1. The molecule has 168 valence electrons. The second kappa shape index (κ2) is 8.60. The smallest absolute Gasteiger partial charge is 0.251 e. The number of fused-ring (bicyclic) bond motifs is 2. The van der Waals surface area contributed by atoms with Gasteiger partial charge in [0.2, 0.25) is 10.0 Å². The van der Waals surface area contributed by atoms with Crippen LogP contribution >= 0.6 is 0 Å². The number of rotatable bonds is 6. The van der Waals surface area contributed by atoms with Gasteiger partial charge in [0.25, 0.3) is 5.91 Å². The summed E-state index contributed by atoms with van der Waals surface area (Å²) in [6.07, 6.45) is 3.79. The van der Waals surface area contributed by atoms with Crippen LogP contribution in [0, 0.1) is 0 Å². The van der Waals surface area contributed by atoms with Crippen molar-refractivity contribution in [2.24, 2.45) is 0 Å². The second-order valence-corrected chi connectivity index (χ2v) is 10.1. The Morgan fingerprint density at radius 2 is 2.13 bits per heavy atom. The molecule has 9 nitrogen and oxygen atoms in total. The minimum absolute atomic E-state index is 0.0742. The van der Waals surface area contributed by atoms with E-state index in [2.05, 4.69) is 10.3 Å². The predicted molar refractivity (Wildman–Crippen MR) is 114 cm³/mol. The number of hydrogen-bond acceptors (Lipinski definition) is 6. The fourth-order valence-corrected chi connectivity index (χ4v) is 5.37. The topological polar surface area (TPSA) is 103 Å². The van der Waals surface area contributed by atoms with Crippen LogP contribution in [0.4, 0.5) is 0 Å². The minimum atomic E-state index is -3.25. The molecule has 1 N–H and O–H groups in total. The summed E-state index contributed by atoms with van der Waals surface area (Å²) < 4.78 is 39.5. The number of nitrogens with zero attached hydrogens (tertiary/aromatic N) is 3. The summed E-state index contributed by atoms with van der Waals surface area (Å²) in [4.78, 5) is 17.4. The number of sulfonamides is 1. The number of piperidine rings is 1. The number of methoxy groups -OCH3 is 1. The van der Waals surface area contributed by atoms with Crippen LogP contribution in [-0.2, 0) is 38.2 Å². The van der Waals surface area contributed by atoms with Gasteiger partial charge in [-0.05, 0) is 37.5 Å². The number of imidazole rings is 1. The molecule has 10 heteroatoms. The molecule has 1 unspecified atom stereocenters. The molecular formula is C21H28N4O5S. The molecule has 2 aromatic rings. The first kappa shape index (κ1) is 21.8. The maximum Gasteiger partial charge on any atom is 0.251 e.